The SMILES string of the molecule is O=C(Nc1c2c(cc3c1CCC3)CCC2)NS(=O)(=O)c1cc2c(o1)C1CCC(CC1)C2=NO. The third-order valence-corrected chi connectivity index (χ3v) is 9.00. The number of urea groups is 1. The first-order valence-electron chi connectivity index (χ1n) is 11.8. The standard InChI is InChI=1S/C24H27N3O5S/c28-24(25-22-17-5-1-3-15(17)11-16-4-2-6-18(16)22)27-33(30,31)20-12-19-21(26-29)13-7-9-14(10-8-13)23(19)32-20/h11-14,29H,1-10H2,(H2,25,27,28). The topological polar surface area (TPSA) is 121 Å². The molecule has 1 saturated carbocycles. The van der Waals surface area contributed by atoms with Crippen LogP contribution in [0.15, 0.2) is 26.8 Å². The number of carbonyl (C=O) groups is 1. The van der Waals surface area contributed by atoms with Gasteiger partial charge < -0.3 is 14.9 Å². The van der Waals surface area contributed by atoms with E-state index in [1.54, 1.807) is 0 Å². The van der Waals surface area contributed by atoms with Gasteiger partial charge in [0.1, 0.15) is 5.76 Å². The van der Waals surface area contributed by atoms with Gasteiger partial charge in [-0.3, -0.25) is 0 Å². The normalized spacial score (nSPS) is 24.3. The maximum absolute atomic E-state index is 13.0. The number of sulfonamides is 1. The zero-order chi connectivity index (χ0) is 22.7. The molecule has 0 radical (unpaired) electrons. The van der Waals surface area contributed by atoms with Gasteiger partial charge in [0.05, 0.1) is 5.71 Å². The summed E-state index contributed by atoms with van der Waals surface area (Å²) in [5.74, 6) is 0.740. The number of furan rings is 1. The first-order valence-corrected chi connectivity index (χ1v) is 13.3. The lowest BCUT2D eigenvalue weighted by molar-refractivity contribution is 0.256. The fourth-order valence-corrected chi connectivity index (χ4v) is 7.15. The van der Waals surface area contributed by atoms with Crippen molar-refractivity contribution >= 4 is 27.5 Å². The summed E-state index contributed by atoms with van der Waals surface area (Å²) in [6, 6.07) is 2.87. The summed E-state index contributed by atoms with van der Waals surface area (Å²) in [6.07, 6.45) is 9.36. The molecular formula is C24H27N3O5S. The molecule has 5 aliphatic carbocycles. The molecular weight excluding hydrogens is 442 g/mol. The van der Waals surface area contributed by atoms with Crippen LogP contribution in [0.5, 0.6) is 0 Å². The lowest BCUT2D eigenvalue weighted by Gasteiger charge is -2.22. The lowest BCUT2D eigenvalue weighted by Crippen LogP contribution is -2.34. The molecule has 1 aromatic heterocycles. The number of fused-ring (bicyclic) bond motifs is 4. The fraction of sp³-hybridized carbons (Fsp3) is 0.500. The van der Waals surface area contributed by atoms with Gasteiger partial charge in [0.2, 0.25) is 5.09 Å². The lowest BCUT2D eigenvalue weighted by atomic mass is 9.83. The van der Waals surface area contributed by atoms with Gasteiger partial charge in [-0.2, -0.15) is 8.42 Å². The molecule has 0 saturated heterocycles. The third-order valence-electron chi connectivity index (χ3n) is 7.81. The Bertz CT molecular complexity index is 1250. The van der Waals surface area contributed by atoms with E-state index in [2.05, 4.69) is 21.3 Å². The van der Waals surface area contributed by atoms with Crippen molar-refractivity contribution in [3.8, 4) is 0 Å². The Morgan fingerprint density at radius 1 is 0.970 bits per heavy atom. The summed E-state index contributed by atoms with van der Waals surface area (Å²) in [4.78, 5) is 12.8. The minimum atomic E-state index is -4.23. The van der Waals surface area contributed by atoms with E-state index in [1.807, 2.05) is 0 Å². The second-order valence-electron chi connectivity index (χ2n) is 9.67. The second kappa shape index (κ2) is 7.62. The van der Waals surface area contributed by atoms with E-state index in [1.165, 1.54) is 17.2 Å². The molecule has 1 aromatic carbocycles. The average Bonchev–Trinajstić information content (AvgIpc) is 3.52. The van der Waals surface area contributed by atoms with Gasteiger partial charge in [0, 0.05) is 29.2 Å². The van der Waals surface area contributed by atoms with E-state index in [4.69, 9.17) is 4.42 Å². The van der Waals surface area contributed by atoms with Gasteiger partial charge in [0.15, 0.2) is 0 Å². The van der Waals surface area contributed by atoms with Crippen molar-refractivity contribution in [3.05, 3.63) is 45.7 Å². The average molecular weight is 470 g/mol. The highest BCUT2D eigenvalue weighted by molar-refractivity contribution is 7.89. The molecule has 174 valence electrons. The van der Waals surface area contributed by atoms with E-state index in [0.29, 0.717) is 17.0 Å². The molecule has 2 bridgehead atoms. The van der Waals surface area contributed by atoms with E-state index in [-0.39, 0.29) is 16.9 Å². The van der Waals surface area contributed by atoms with Crippen LogP contribution in [-0.2, 0) is 35.7 Å². The predicted octanol–water partition coefficient (Wildman–Crippen LogP) is 4.23. The highest BCUT2D eigenvalue weighted by atomic mass is 32.2. The third kappa shape index (κ3) is 3.36. The van der Waals surface area contributed by atoms with Crippen molar-refractivity contribution < 1.29 is 22.8 Å². The molecule has 0 unspecified atom stereocenters. The van der Waals surface area contributed by atoms with E-state index < -0.39 is 16.1 Å². The van der Waals surface area contributed by atoms with Crippen LogP contribution in [0.3, 0.4) is 0 Å². The van der Waals surface area contributed by atoms with E-state index in [0.717, 1.165) is 81.0 Å². The zero-order valence-corrected chi connectivity index (χ0v) is 19.1. The molecule has 3 N–H and O–H groups in total. The number of aryl methyl sites for hydroxylation is 2. The van der Waals surface area contributed by atoms with E-state index >= 15 is 0 Å². The number of rotatable bonds is 3. The van der Waals surface area contributed by atoms with Crippen molar-refractivity contribution in [1.82, 2.24) is 4.72 Å². The number of hydrogen-bond donors (Lipinski definition) is 3. The highest BCUT2D eigenvalue weighted by Gasteiger charge is 2.39. The molecule has 0 aliphatic heterocycles. The number of benzene rings is 1. The fourth-order valence-electron chi connectivity index (χ4n) is 6.28. The Morgan fingerprint density at radius 2 is 1.61 bits per heavy atom. The minimum Gasteiger partial charge on any atom is -0.447 e. The van der Waals surface area contributed by atoms with Crippen LogP contribution in [0, 0.1) is 5.92 Å². The molecule has 2 amide bonds. The van der Waals surface area contributed by atoms with Gasteiger partial charge in [-0.05, 0) is 86.5 Å². The summed E-state index contributed by atoms with van der Waals surface area (Å²) in [6.45, 7) is 0. The van der Waals surface area contributed by atoms with Crippen LogP contribution in [0.2, 0.25) is 0 Å². The quantitative estimate of drug-likeness (QED) is 0.459. The van der Waals surface area contributed by atoms with Gasteiger partial charge in [-0.15, -0.1) is 0 Å². The maximum atomic E-state index is 13.0. The number of nitrogens with zero attached hydrogens (tertiary/aromatic N) is 1. The number of amides is 2. The van der Waals surface area contributed by atoms with Crippen LogP contribution >= 0.6 is 0 Å². The number of nitrogens with one attached hydrogen (secondary N) is 2. The van der Waals surface area contributed by atoms with Gasteiger partial charge in [-0.25, -0.2) is 9.52 Å². The van der Waals surface area contributed by atoms with Crippen LogP contribution in [0.4, 0.5) is 10.5 Å². The number of hydrogen-bond acceptors (Lipinski definition) is 6. The molecule has 0 atom stereocenters. The molecule has 1 heterocycles. The Kier molecular flexibility index (Phi) is 4.79. The monoisotopic (exact) mass is 469 g/mol. The molecule has 0 spiro atoms. The first kappa shape index (κ1) is 20.8. The Hall–Kier alpha value is -2.81. The molecule has 8 nitrogen and oxygen atoms in total. The Balaban J connectivity index is 1.28. The largest absolute Gasteiger partial charge is 0.447 e. The minimum absolute atomic E-state index is 0.0965. The Morgan fingerprint density at radius 3 is 2.24 bits per heavy atom. The first-order chi connectivity index (χ1) is 15.9. The van der Waals surface area contributed by atoms with Crippen LogP contribution in [0.25, 0.3) is 0 Å². The zero-order valence-electron chi connectivity index (χ0n) is 18.3. The summed E-state index contributed by atoms with van der Waals surface area (Å²) in [5, 5.41) is 15.6. The summed E-state index contributed by atoms with van der Waals surface area (Å²) in [5.41, 5.74) is 6.59. The van der Waals surface area contributed by atoms with Crippen molar-refractivity contribution in [1.29, 1.82) is 0 Å². The highest BCUT2D eigenvalue weighted by Crippen LogP contribution is 2.45. The number of anilines is 1. The molecule has 9 heteroatoms. The Labute approximate surface area is 192 Å². The van der Waals surface area contributed by atoms with E-state index in [9.17, 15) is 18.4 Å². The van der Waals surface area contributed by atoms with Crippen molar-refractivity contribution in [2.45, 2.75) is 75.2 Å². The smallest absolute Gasteiger partial charge is 0.333 e. The number of carbonyl (C=O) groups excluding carboxylic acids is 1. The second-order valence-corrected chi connectivity index (χ2v) is 11.3. The molecule has 7 rings (SSSR count). The predicted molar refractivity (Wildman–Crippen MR) is 122 cm³/mol. The summed E-state index contributed by atoms with van der Waals surface area (Å²) in [7, 11) is -4.23. The maximum Gasteiger partial charge on any atom is 0.333 e. The molecule has 2 aromatic rings. The van der Waals surface area contributed by atoms with Gasteiger partial charge in [-0.1, -0.05) is 11.2 Å². The molecule has 5 aliphatic rings. The van der Waals surface area contributed by atoms with Gasteiger partial charge in [0.25, 0.3) is 10.0 Å². The van der Waals surface area contributed by atoms with Crippen LogP contribution in [0.1, 0.15) is 78.0 Å². The van der Waals surface area contributed by atoms with Crippen molar-refractivity contribution in [3.63, 3.8) is 0 Å². The number of oxime groups is 1. The van der Waals surface area contributed by atoms with Crippen LogP contribution < -0.4 is 10.0 Å². The van der Waals surface area contributed by atoms with Gasteiger partial charge >= 0.3 is 6.03 Å². The van der Waals surface area contributed by atoms with Crippen molar-refractivity contribution in [2.24, 2.45) is 11.1 Å². The van der Waals surface area contributed by atoms with Crippen molar-refractivity contribution in [2.75, 3.05) is 5.32 Å². The molecule has 1 fully saturated rings. The summed E-state index contributed by atoms with van der Waals surface area (Å²) < 4.78 is 34.0. The molecule has 33 heavy (non-hydrogen) atoms. The van der Waals surface area contributed by atoms with Crippen LogP contribution in [-0.4, -0.2) is 25.4 Å². The summed E-state index contributed by atoms with van der Waals surface area (Å²) >= 11 is 0.